The van der Waals surface area contributed by atoms with Gasteiger partial charge in [0.05, 0.1) is 13.2 Å². The third-order valence-electron chi connectivity index (χ3n) is 5.02. The van der Waals surface area contributed by atoms with E-state index in [-0.39, 0.29) is 11.6 Å². The minimum absolute atomic E-state index is 0.227. The molecule has 0 fully saturated rings. The SMILES string of the molecule is COc1cccc(CCNC(=O)c2coc(C(N)Cc3c[nH]c4ccccc34)n2)c1. The van der Waals surface area contributed by atoms with Crippen molar-refractivity contribution in [1.82, 2.24) is 15.3 Å². The van der Waals surface area contributed by atoms with E-state index in [2.05, 4.69) is 15.3 Å². The number of nitrogens with zero attached hydrogens (tertiary/aromatic N) is 1. The Bertz CT molecular complexity index is 1150. The van der Waals surface area contributed by atoms with Crippen LogP contribution in [0.1, 0.15) is 33.5 Å². The first-order chi connectivity index (χ1) is 14.6. The van der Waals surface area contributed by atoms with Crippen LogP contribution in [0.25, 0.3) is 10.9 Å². The minimum Gasteiger partial charge on any atom is -0.497 e. The van der Waals surface area contributed by atoms with Crippen LogP contribution in [-0.4, -0.2) is 29.5 Å². The molecule has 2 aromatic carbocycles. The van der Waals surface area contributed by atoms with Gasteiger partial charge < -0.3 is 25.2 Å². The lowest BCUT2D eigenvalue weighted by Crippen LogP contribution is -2.26. The fraction of sp³-hybridized carbons (Fsp3) is 0.217. The van der Waals surface area contributed by atoms with Crippen LogP contribution in [0.3, 0.4) is 0 Å². The first-order valence-electron chi connectivity index (χ1n) is 9.81. The van der Waals surface area contributed by atoms with Gasteiger partial charge in [-0.1, -0.05) is 30.3 Å². The fourth-order valence-electron chi connectivity index (χ4n) is 3.43. The number of para-hydroxylation sites is 1. The van der Waals surface area contributed by atoms with Crippen LogP contribution >= 0.6 is 0 Å². The number of rotatable bonds is 8. The summed E-state index contributed by atoms with van der Waals surface area (Å²) in [6.07, 6.45) is 4.54. The van der Waals surface area contributed by atoms with Crippen molar-refractivity contribution < 1.29 is 13.9 Å². The minimum atomic E-state index is -0.442. The van der Waals surface area contributed by atoms with Gasteiger partial charge in [-0.3, -0.25) is 4.79 Å². The number of nitrogens with one attached hydrogen (secondary N) is 2. The van der Waals surface area contributed by atoms with Gasteiger partial charge in [0.1, 0.15) is 12.0 Å². The molecular formula is C23H24N4O3. The van der Waals surface area contributed by atoms with Crippen molar-refractivity contribution in [2.24, 2.45) is 5.73 Å². The lowest BCUT2D eigenvalue weighted by molar-refractivity contribution is 0.0949. The van der Waals surface area contributed by atoms with Crippen LogP contribution in [0.2, 0.25) is 0 Å². The van der Waals surface area contributed by atoms with Gasteiger partial charge in [-0.2, -0.15) is 0 Å². The van der Waals surface area contributed by atoms with Crippen LogP contribution in [0.15, 0.2) is 65.4 Å². The number of carbonyl (C=O) groups is 1. The summed E-state index contributed by atoms with van der Waals surface area (Å²) in [6, 6.07) is 15.3. The topological polar surface area (TPSA) is 106 Å². The van der Waals surface area contributed by atoms with Crippen molar-refractivity contribution in [2.45, 2.75) is 18.9 Å². The zero-order valence-corrected chi connectivity index (χ0v) is 16.7. The van der Waals surface area contributed by atoms with Gasteiger partial charge in [-0.05, 0) is 42.2 Å². The highest BCUT2D eigenvalue weighted by atomic mass is 16.5. The predicted molar refractivity (Wildman–Crippen MR) is 114 cm³/mol. The van der Waals surface area contributed by atoms with Gasteiger partial charge in [0, 0.05) is 23.6 Å². The molecule has 0 spiro atoms. The molecule has 2 heterocycles. The van der Waals surface area contributed by atoms with Gasteiger partial charge in [0.2, 0.25) is 5.89 Å². The van der Waals surface area contributed by atoms with Crippen molar-refractivity contribution in [2.75, 3.05) is 13.7 Å². The van der Waals surface area contributed by atoms with E-state index in [1.807, 2.05) is 54.7 Å². The zero-order chi connectivity index (χ0) is 20.9. The number of ether oxygens (including phenoxy) is 1. The highest BCUT2D eigenvalue weighted by molar-refractivity contribution is 5.91. The molecule has 0 aliphatic carbocycles. The van der Waals surface area contributed by atoms with Crippen molar-refractivity contribution in [3.05, 3.63) is 83.7 Å². The molecule has 7 heteroatoms. The van der Waals surface area contributed by atoms with E-state index in [1.54, 1.807) is 7.11 Å². The Labute approximate surface area is 174 Å². The molecule has 0 saturated carbocycles. The normalized spacial score (nSPS) is 12.1. The molecule has 1 amide bonds. The summed E-state index contributed by atoms with van der Waals surface area (Å²) in [4.78, 5) is 19.9. The van der Waals surface area contributed by atoms with E-state index in [0.29, 0.717) is 25.3 Å². The lowest BCUT2D eigenvalue weighted by Gasteiger charge is -2.06. The number of H-pyrrole nitrogens is 1. The summed E-state index contributed by atoms with van der Waals surface area (Å²) >= 11 is 0. The van der Waals surface area contributed by atoms with Crippen LogP contribution in [0.4, 0.5) is 0 Å². The van der Waals surface area contributed by atoms with Crippen LogP contribution in [0.5, 0.6) is 5.75 Å². The molecule has 0 radical (unpaired) electrons. The summed E-state index contributed by atoms with van der Waals surface area (Å²) in [5.41, 5.74) is 9.73. The van der Waals surface area contributed by atoms with Gasteiger partial charge in [0.25, 0.3) is 5.91 Å². The molecule has 0 saturated heterocycles. The molecule has 0 bridgehead atoms. The summed E-state index contributed by atoms with van der Waals surface area (Å²) in [7, 11) is 1.63. The summed E-state index contributed by atoms with van der Waals surface area (Å²) in [5, 5.41) is 3.98. The first kappa shape index (κ1) is 19.7. The molecule has 1 unspecified atom stereocenters. The number of aromatic amines is 1. The van der Waals surface area contributed by atoms with Crippen molar-refractivity contribution in [3.8, 4) is 5.75 Å². The van der Waals surface area contributed by atoms with E-state index in [9.17, 15) is 4.79 Å². The van der Waals surface area contributed by atoms with E-state index >= 15 is 0 Å². The molecule has 30 heavy (non-hydrogen) atoms. The molecule has 2 aromatic heterocycles. The Kier molecular flexibility index (Phi) is 5.81. The highest BCUT2D eigenvalue weighted by Crippen LogP contribution is 2.23. The molecule has 4 aromatic rings. The average Bonchev–Trinajstić information content (AvgIpc) is 3.42. The number of methoxy groups -OCH3 is 1. The molecule has 7 nitrogen and oxygen atoms in total. The number of hydrogen-bond acceptors (Lipinski definition) is 5. The van der Waals surface area contributed by atoms with Crippen LogP contribution in [0, 0.1) is 0 Å². The highest BCUT2D eigenvalue weighted by Gasteiger charge is 2.18. The molecule has 154 valence electrons. The van der Waals surface area contributed by atoms with Gasteiger partial charge in [-0.15, -0.1) is 0 Å². The van der Waals surface area contributed by atoms with Crippen molar-refractivity contribution in [3.63, 3.8) is 0 Å². The number of nitrogens with two attached hydrogens (primary N) is 1. The maximum absolute atomic E-state index is 12.4. The van der Waals surface area contributed by atoms with Crippen LogP contribution in [-0.2, 0) is 12.8 Å². The van der Waals surface area contributed by atoms with Gasteiger partial charge in [-0.25, -0.2) is 4.98 Å². The molecule has 0 aliphatic rings. The number of benzene rings is 2. The fourth-order valence-corrected chi connectivity index (χ4v) is 3.43. The Morgan fingerprint density at radius 3 is 3.00 bits per heavy atom. The van der Waals surface area contributed by atoms with E-state index < -0.39 is 6.04 Å². The maximum Gasteiger partial charge on any atom is 0.273 e. The molecule has 0 aliphatic heterocycles. The Hall–Kier alpha value is -3.58. The number of amides is 1. The summed E-state index contributed by atoms with van der Waals surface area (Å²) in [5.74, 6) is 0.856. The lowest BCUT2D eigenvalue weighted by atomic mass is 10.1. The third-order valence-corrected chi connectivity index (χ3v) is 5.02. The summed E-state index contributed by atoms with van der Waals surface area (Å²) in [6.45, 7) is 0.482. The second-order valence-corrected chi connectivity index (χ2v) is 7.10. The van der Waals surface area contributed by atoms with E-state index in [0.717, 1.165) is 27.8 Å². The summed E-state index contributed by atoms with van der Waals surface area (Å²) < 4.78 is 10.7. The quantitative estimate of drug-likeness (QED) is 0.417. The average molecular weight is 404 g/mol. The standard InChI is InChI=1S/C23H24N4O3/c1-29-17-6-4-5-15(11-17)9-10-25-22(28)21-14-30-23(27-21)19(24)12-16-13-26-20-8-3-2-7-18(16)20/h2-8,11,13-14,19,26H,9-10,12,24H2,1H3,(H,25,28). The van der Waals surface area contributed by atoms with E-state index in [1.165, 1.54) is 6.26 Å². The smallest absolute Gasteiger partial charge is 0.273 e. The number of fused-ring (bicyclic) bond motifs is 1. The second-order valence-electron chi connectivity index (χ2n) is 7.10. The largest absolute Gasteiger partial charge is 0.497 e. The maximum atomic E-state index is 12.4. The number of aromatic nitrogens is 2. The Morgan fingerprint density at radius 1 is 1.27 bits per heavy atom. The number of hydrogen-bond donors (Lipinski definition) is 3. The predicted octanol–water partition coefficient (Wildman–Crippen LogP) is 3.38. The molecular weight excluding hydrogens is 380 g/mol. The van der Waals surface area contributed by atoms with Crippen molar-refractivity contribution >= 4 is 16.8 Å². The number of oxazole rings is 1. The molecule has 4 N–H and O–H groups in total. The number of carbonyl (C=O) groups excluding carboxylic acids is 1. The van der Waals surface area contributed by atoms with Crippen molar-refractivity contribution in [1.29, 1.82) is 0 Å². The monoisotopic (exact) mass is 404 g/mol. The van der Waals surface area contributed by atoms with Crippen LogP contribution < -0.4 is 15.8 Å². The van der Waals surface area contributed by atoms with Gasteiger partial charge >= 0.3 is 0 Å². The Morgan fingerprint density at radius 2 is 2.13 bits per heavy atom. The first-order valence-corrected chi connectivity index (χ1v) is 9.81. The molecule has 4 rings (SSSR count). The Balaban J connectivity index is 1.34. The van der Waals surface area contributed by atoms with Gasteiger partial charge in [0.15, 0.2) is 5.69 Å². The second kappa shape index (κ2) is 8.84. The third kappa shape index (κ3) is 4.36. The van der Waals surface area contributed by atoms with E-state index in [4.69, 9.17) is 14.9 Å². The zero-order valence-electron chi connectivity index (χ0n) is 16.7. The molecule has 1 atom stereocenters.